The first kappa shape index (κ1) is 18.0. The van der Waals surface area contributed by atoms with Crippen LogP contribution < -0.4 is 4.80 Å². The number of hydrogen-bond donors (Lipinski definition) is 0. The largest absolute Gasteiger partial charge is 0.305 e. The molecule has 0 bridgehead atoms. The van der Waals surface area contributed by atoms with E-state index in [4.69, 9.17) is 6.42 Å². The van der Waals surface area contributed by atoms with E-state index in [2.05, 4.69) is 10.9 Å². The van der Waals surface area contributed by atoms with Gasteiger partial charge in [0.05, 0.1) is 21.7 Å². The molecule has 3 aromatic rings. The summed E-state index contributed by atoms with van der Waals surface area (Å²) in [6.07, 6.45) is 6.52. The number of carbonyl (C=O) groups excluding carboxylic acids is 1. The van der Waals surface area contributed by atoms with Crippen molar-refractivity contribution in [3.63, 3.8) is 0 Å². The standard InChI is InChI=1S/C18H13FN2O3S2/c1-3-9-21-15-8-7-14(26(2,23)24)11-16(15)25-18(21)20-17(22)12-5-4-6-13(19)10-12/h1,4-8,10-11H,9H2,2H3. The molecule has 0 aliphatic rings. The van der Waals surface area contributed by atoms with Crippen LogP contribution in [0.5, 0.6) is 0 Å². The minimum Gasteiger partial charge on any atom is -0.305 e. The summed E-state index contributed by atoms with van der Waals surface area (Å²) in [5.74, 6) is 1.35. The molecule has 0 aliphatic heterocycles. The number of carbonyl (C=O) groups is 1. The van der Waals surface area contributed by atoms with Gasteiger partial charge in [-0.1, -0.05) is 23.3 Å². The number of fused-ring (bicyclic) bond motifs is 1. The van der Waals surface area contributed by atoms with E-state index in [9.17, 15) is 17.6 Å². The van der Waals surface area contributed by atoms with Gasteiger partial charge < -0.3 is 4.57 Å². The highest BCUT2D eigenvalue weighted by atomic mass is 32.2. The van der Waals surface area contributed by atoms with Gasteiger partial charge in [0.25, 0.3) is 5.91 Å². The van der Waals surface area contributed by atoms with Crippen LogP contribution in [-0.4, -0.2) is 25.1 Å². The van der Waals surface area contributed by atoms with Crippen LogP contribution in [0.1, 0.15) is 10.4 Å². The Hall–Kier alpha value is -2.76. The maximum absolute atomic E-state index is 13.3. The smallest absolute Gasteiger partial charge is 0.279 e. The van der Waals surface area contributed by atoms with E-state index in [0.717, 1.165) is 23.7 Å². The second kappa shape index (κ2) is 6.86. The number of sulfone groups is 1. The van der Waals surface area contributed by atoms with Crippen LogP contribution in [0, 0.1) is 18.2 Å². The summed E-state index contributed by atoms with van der Waals surface area (Å²) in [6.45, 7) is 0.160. The molecule has 0 unspecified atom stereocenters. The van der Waals surface area contributed by atoms with Crippen LogP contribution >= 0.6 is 11.3 Å². The average Bonchev–Trinajstić information content (AvgIpc) is 2.91. The first-order valence-corrected chi connectivity index (χ1v) is 10.1. The molecule has 0 aliphatic carbocycles. The van der Waals surface area contributed by atoms with Crippen molar-refractivity contribution in [2.45, 2.75) is 11.4 Å². The van der Waals surface area contributed by atoms with E-state index in [1.807, 2.05) is 0 Å². The fourth-order valence-electron chi connectivity index (χ4n) is 2.39. The lowest BCUT2D eigenvalue weighted by Crippen LogP contribution is -2.16. The molecule has 8 heteroatoms. The third-order valence-electron chi connectivity index (χ3n) is 3.60. The van der Waals surface area contributed by atoms with Crippen LogP contribution in [0.25, 0.3) is 10.2 Å². The van der Waals surface area contributed by atoms with Gasteiger partial charge in [-0.05, 0) is 36.4 Å². The molecule has 0 saturated heterocycles. The number of nitrogens with zero attached hydrogens (tertiary/aromatic N) is 2. The summed E-state index contributed by atoms with van der Waals surface area (Å²) in [4.78, 5) is 16.9. The van der Waals surface area contributed by atoms with Gasteiger partial charge in [-0.2, -0.15) is 4.99 Å². The molecule has 0 atom stereocenters. The van der Waals surface area contributed by atoms with Gasteiger partial charge >= 0.3 is 0 Å². The van der Waals surface area contributed by atoms with Gasteiger partial charge in [0, 0.05) is 11.8 Å². The number of benzene rings is 2. The highest BCUT2D eigenvalue weighted by molar-refractivity contribution is 7.90. The molecule has 0 saturated carbocycles. The van der Waals surface area contributed by atoms with Crippen LogP contribution in [-0.2, 0) is 16.4 Å². The van der Waals surface area contributed by atoms with Crippen molar-refractivity contribution in [2.24, 2.45) is 4.99 Å². The summed E-state index contributed by atoms with van der Waals surface area (Å²) in [7, 11) is -3.36. The van der Waals surface area contributed by atoms with Gasteiger partial charge in [-0.25, -0.2) is 12.8 Å². The Bertz CT molecular complexity index is 1230. The minimum absolute atomic E-state index is 0.117. The van der Waals surface area contributed by atoms with E-state index in [-0.39, 0.29) is 17.0 Å². The molecule has 0 spiro atoms. The Labute approximate surface area is 153 Å². The van der Waals surface area contributed by atoms with Crippen molar-refractivity contribution in [1.82, 2.24) is 4.57 Å². The van der Waals surface area contributed by atoms with Crippen molar-refractivity contribution in [2.75, 3.05) is 6.26 Å². The van der Waals surface area contributed by atoms with E-state index in [0.29, 0.717) is 15.0 Å². The van der Waals surface area contributed by atoms with Crippen LogP contribution in [0.3, 0.4) is 0 Å². The molecule has 1 aromatic heterocycles. The molecule has 132 valence electrons. The van der Waals surface area contributed by atoms with Gasteiger partial charge in [-0.3, -0.25) is 4.79 Å². The van der Waals surface area contributed by atoms with Gasteiger partial charge in [0.15, 0.2) is 14.6 Å². The van der Waals surface area contributed by atoms with Crippen LogP contribution in [0.2, 0.25) is 0 Å². The zero-order valence-electron chi connectivity index (χ0n) is 13.6. The third-order valence-corrected chi connectivity index (χ3v) is 5.75. The number of amides is 1. The number of hydrogen-bond acceptors (Lipinski definition) is 4. The summed E-state index contributed by atoms with van der Waals surface area (Å²) >= 11 is 1.14. The van der Waals surface area contributed by atoms with E-state index < -0.39 is 21.6 Å². The molecule has 0 fully saturated rings. The molecule has 1 amide bonds. The first-order chi connectivity index (χ1) is 12.3. The summed E-state index contributed by atoms with van der Waals surface area (Å²) < 4.78 is 39.1. The Morgan fingerprint density at radius 3 is 2.73 bits per heavy atom. The number of terminal acetylenes is 1. The lowest BCUT2D eigenvalue weighted by Gasteiger charge is -2.01. The van der Waals surface area contributed by atoms with E-state index >= 15 is 0 Å². The Balaban J connectivity index is 2.19. The molecular weight excluding hydrogens is 375 g/mol. The first-order valence-electron chi connectivity index (χ1n) is 7.41. The zero-order valence-corrected chi connectivity index (χ0v) is 15.3. The lowest BCUT2D eigenvalue weighted by molar-refractivity contribution is 0.0997. The number of aromatic nitrogens is 1. The fourth-order valence-corrected chi connectivity index (χ4v) is 4.18. The quantitative estimate of drug-likeness (QED) is 0.648. The maximum atomic E-state index is 13.3. The van der Waals surface area contributed by atoms with Crippen LogP contribution in [0.15, 0.2) is 52.4 Å². The summed E-state index contributed by atoms with van der Waals surface area (Å²) in [5.41, 5.74) is 0.790. The Morgan fingerprint density at radius 2 is 2.08 bits per heavy atom. The zero-order chi connectivity index (χ0) is 18.9. The second-order valence-corrected chi connectivity index (χ2v) is 8.53. The minimum atomic E-state index is -3.36. The molecule has 2 aromatic carbocycles. The van der Waals surface area contributed by atoms with Crippen LogP contribution in [0.4, 0.5) is 4.39 Å². The highest BCUT2D eigenvalue weighted by Crippen LogP contribution is 2.22. The van der Waals surface area contributed by atoms with E-state index in [1.54, 1.807) is 10.6 Å². The molecule has 0 radical (unpaired) electrons. The molecule has 3 rings (SSSR count). The SMILES string of the molecule is C#CCn1c(=NC(=O)c2cccc(F)c2)sc2cc(S(C)(=O)=O)ccc21. The highest BCUT2D eigenvalue weighted by Gasteiger charge is 2.13. The fraction of sp³-hybridized carbons (Fsp3) is 0.111. The molecule has 26 heavy (non-hydrogen) atoms. The molecule has 0 N–H and O–H groups in total. The molecule has 1 heterocycles. The van der Waals surface area contributed by atoms with Crippen molar-refractivity contribution < 1.29 is 17.6 Å². The number of thiazole rings is 1. The van der Waals surface area contributed by atoms with Gasteiger partial charge in [0.1, 0.15) is 5.82 Å². The predicted octanol–water partition coefficient (Wildman–Crippen LogP) is 2.62. The monoisotopic (exact) mass is 388 g/mol. The van der Waals surface area contributed by atoms with Crippen molar-refractivity contribution in [3.05, 3.63) is 58.6 Å². The Kier molecular flexibility index (Phi) is 4.76. The Morgan fingerprint density at radius 1 is 1.31 bits per heavy atom. The summed E-state index contributed by atoms with van der Waals surface area (Å²) in [6, 6.07) is 9.87. The van der Waals surface area contributed by atoms with Gasteiger partial charge in [0.2, 0.25) is 0 Å². The third kappa shape index (κ3) is 3.59. The molecular formula is C18H13FN2O3S2. The average molecular weight is 388 g/mol. The topological polar surface area (TPSA) is 68.5 Å². The maximum Gasteiger partial charge on any atom is 0.279 e. The normalized spacial score (nSPS) is 12.3. The van der Waals surface area contributed by atoms with Gasteiger partial charge in [-0.15, -0.1) is 6.42 Å². The summed E-state index contributed by atoms with van der Waals surface area (Å²) in [5, 5.41) is 0. The predicted molar refractivity (Wildman–Crippen MR) is 98.1 cm³/mol. The van der Waals surface area contributed by atoms with Crippen molar-refractivity contribution in [1.29, 1.82) is 0 Å². The lowest BCUT2D eigenvalue weighted by atomic mass is 10.2. The van der Waals surface area contributed by atoms with E-state index in [1.165, 1.54) is 30.3 Å². The van der Waals surface area contributed by atoms with Crippen molar-refractivity contribution in [3.8, 4) is 12.3 Å². The molecule has 5 nitrogen and oxygen atoms in total. The second-order valence-electron chi connectivity index (χ2n) is 5.50. The van der Waals surface area contributed by atoms with Crippen molar-refractivity contribution >= 4 is 37.3 Å². The number of halogens is 1. The number of rotatable bonds is 3.